The molecule has 1 amide bonds. The summed E-state index contributed by atoms with van der Waals surface area (Å²) in [6.45, 7) is 8.65. The molecule has 0 aliphatic rings. The molecular formula is C18H23N5OS3. The van der Waals surface area contributed by atoms with Crippen LogP contribution < -0.4 is 5.32 Å². The molecule has 0 radical (unpaired) electrons. The van der Waals surface area contributed by atoms with Crippen molar-refractivity contribution in [3.63, 3.8) is 0 Å². The molecule has 2 aromatic heterocycles. The Morgan fingerprint density at radius 1 is 1.26 bits per heavy atom. The van der Waals surface area contributed by atoms with Crippen LogP contribution in [0.15, 0.2) is 33.8 Å². The van der Waals surface area contributed by atoms with Gasteiger partial charge in [0.05, 0.1) is 21.2 Å². The average molecular weight is 422 g/mol. The predicted octanol–water partition coefficient (Wildman–Crippen LogP) is 4.21. The number of nitrogens with zero attached hydrogens (tertiary/aromatic N) is 4. The van der Waals surface area contributed by atoms with Crippen molar-refractivity contribution >= 4 is 51.0 Å². The second-order valence-electron chi connectivity index (χ2n) is 6.30. The first-order valence-electron chi connectivity index (χ1n) is 8.85. The van der Waals surface area contributed by atoms with Crippen molar-refractivity contribution in [3.05, 3.63) is 30.1 Å². The summed E-state index contributed by atoms with van der Waals surface area (Å²) in [5.74, 6) is 1.63. The van der Waals surface area contributed by atoms with Crippen LogP contribution in [-0.4, -0.2) is 36.9 Å². The number of aromatic nitrogens is 4. The van der Waals surface area contributed by atoms with E-state index in [9.17, 15) is 4.79 Å². The average Bonchev–Trinajstić information content (AvgIpc) is 3.22. The lowest BCUT2D eigenvalue weighted by Crippen LogP contribution is -2.36. The minimum atomic E-state index is -0.216. The summed E-state index contributed by atoms with van der Waals surface area (Å²) >= 11 is 4.81. The van der Waals surface area contributed by atoms with E-state index in [1.165, 1.54) is 16.5 Å². The second kappa shape index (κ2) is 9.07. The fourth-order valence-electron chi connectivity index (χ4n) is 2.48. The molecule has 3 rings (SSSR count). The number of benzene rings is 1. The highest BCUT2D eigenvalue weighted by molar-refractivity contribution is 8.00. The molecule has 1 unspecified atom stereocenters. The molecule has 0 aliphatic carbocycles. The van der Waals surface area contributed by atoms with Crippen molar-refractivity contribution in [1.29, 1.82) is 0 Å². The monoisotopic (exact) mass is 421 g/mol. The van der Waals surface area contributed by atoms with Crippen molar-refractivity contribution in [2.75, 3.05) is 0 Å². The number of hydrogen-bond donors (Lipinski definition) is 1. The van der Waals surface area contributed by atoms with Crippen LogP contribution in [0.5, 0.6) is 0 Å². The van der Waals surface area contributed by atoms with Gasteiger partial charge in [-0.05, 0) is 39.8 Å². The van der Waals surface area contributed by atoms with Crippen LogP contribution in [0.4, 0.5) is 0 Å². The molecule has 0 fully saturated rings. The maximum Gasteiger partial charge on any atom is 0.233 e. The van der Waals surface area contributed by atoms with Crippen LogP contribution >= 0.6 is 34.9 Å². The molecule has 6 nitrogen and oxygen atoms in total. The van der Waals surface area contributed by atoms with Gasteiger partial charge in [0.2, 0.25) is 5.91 Å². The summed E-state index contributed by atoms with van der Waals surface area (Å²) in [7, 11) is 0. The third-order valence-corrected chi connectivity index (χ3v) is 7.05. The molecule has 0 saturated carbocycles. The number of carbonyl (C=O) groups excluding carboxylic acids is 1. The number of amides is 1. The number of thioether (sulfide) groups is 2. The first kappa shape index (κ1) is 20.2. The van der Waals surface area contributed by atoms with Gasteiger partial charge in [0.1, 0.15) is 5.82 Å². The molecule has 0 spiro atoms. The van der Waals surface area contributed by atoms with Crippen molar-refractivity contribution in [1.82, 2.24) is 25.1 Å². The van der Waals surface area contributed by atoms with Crippen molar-refractivity contribution in [3.8, 4) is 0 Å². The Labute approximate surface area is 171 Å². The van der Waals surface area contributed by atoms with Crippen LogP contribution in [0.3, 0.4) is 0 Å². The first-order chi connectivity index (χ1) is 13.0. The van der Waals surface area contributed by atoms with Gasteiger partial charge >= 0.3 is 0 Å². The summed E-state index contributed by atoms with van der Waals surface area (Å²) in [6.07, 6.45) is 0. The Hall–Kier alpha value is -1.58. The predicted molar refractivity (Wildman–Crippen MR) is 113 cm³/mol. The zero-order chi connectivity index (χ0) is 19.4. The van der Waals surface area contributed by atoms with E-state index in [1.54, 1.807) is 23.1 Å². The number of carbonyl (C=O) groups is 1. The SMILES string of the molecule is CCn1c(CSc2nc3ccccc3s2)nnc1SC(C)C(=O)NC(C)C. The highest BCUT2D eigenvalue weighted by atomic mass is 32.2. The lowest BCUT2D eigenvalue weighted by atomic mass is 10.3. The van der Waals surface area contributed by atoms with Crippen LogP contribution in [0.25, 0.3) is 10.2 Å². The normalized spacial score (nSPS) is 12.6. The highest BCUT2D eigenvalue weighted by Gasteiger charge is 2.20. The number of fused-ring (bicyclic) bond motifs is 1. The number of thiazole rings is 1. The molecule has 1 aromatic carbocycles. The molecule has 27 heavy (non-hydrogen) atoms. The number of para-hydroxylation sites is 1. The van der Waals surface area contributed by atoms with Gasteiger partial charge in [-0.3, -0.25) is 4.79 Å². The van der Waals surface area contributed by atoms with Crippen LogP contribution in [0.1, 0.15) is 33.5 Å². The van der Waals surface area contributed by atoms with E-state index in [0.717, 1.165) is 27.4 Å². The Balaban J connectivity index is 1.67. The number of nitrogens with one attached hydrogen (secondary N) is 1. The highest BCUT2D eigenvalue weighted by Crippen LogP contribution is 2.32. The smallest absolute Gasteiger partial charge is 0.233 e. The van der Waals surface area contributed by atoms with Crippen LogP contribution in [0.2, 0.25) is 0 Å². The van der Waals surface area contributed by atoms with E-state index >= 15 is 0 Å². The Kier molecular flexibility index (Phi) is 6.78. The van der Waals surface area contributed by atoms with Gasteiger partial charge in [0, 0.05) is 12.6 Å². The zero-order valence-corrected chi connectivity index (χ0v) is 18.2. The van der Waals surface area contributed by atoms with Gasteiger partial charge in [-0.1, -0.05) is 35.7 Å². The fourth-order valence-corrected chi connectivity index (χ4v) is 5.43. The zero-order valence-electron chi connectivity index (χ0n) is 15.8. The molecule has 1 atom stereocenters. The Morgan fingerprint density at radius 2 is 2.04 bits per heavy atom. The van der Waals surface area contributed by atoms with Gasteiger partial charge in [-0.25, -0.2) is 4.98 Å². The molecule has 1 N–H and O–H groups in total. The lowest BCUT2D eigenvalue weighted by molar-refractivity contribution is -0.120. The first-order valence-corrected chi connectivity index (χ1v) is 11.5. The van der Waals surface area contributed by atoms with Gasteiger partial charge in [-0.2, -0.15) is 0 Å². The number of rotatable bonds is 8. The molecule has 0 aliphatic heterocycles. The van der Waals surface area contributed by atoms with Crippen molar-refractivity contribution in [2.45, 2.75) is 60.8 Å². The fraction of sp³-hybridized carbons (Fsp3) is 0.444. The summed E-state index contributed by atoms with van der Waals surface area (Å²) in [5.41, 5.74) is 1.03. The topological polar surface area (TPSA) is 72.7 Å². The summed E-state index contributed by atoms with van der Waals surface area (Å²) in [4.78, 5) is 16.8. The Morgan fingerprint density at radius 3 is 2.74 bits per heavy atom. The van der Waals surface area contributed by atoms with Gasteiger partial charge < -0.3 is 9.88 Å². The summed E-state index contributed by atoms with van der Waals surface area (Å²) in [6, 6.07) is 8.28. The molecule has 3 aromatic rings. The van der Waals surface area contributed by atoms with Gasteiger partial charge in [-0.15, -0.1) is 21.5 Å². The quantitative estimate of drug-likeness (QED) is 0.550. The van der Waals surface area contributed by atoms with Crippen molar-refractivity contribution < 1.29 is 4.79 Å². The van der Waals surface area contributed by atoms with Crippen LogP contribution in [-0.2, 0) is 17.1 Å². The third kappa shape index (κ3) is 5.03. The summed E-state index contributed by atoms with van der Waals surface area (Å²) in [5, 5.41) is 12.2. The molecule has 0 saturated heterocycles. The van der Waals surface area contributed by atoms with E-state index in [1.807, 2.05) is 39.0 Å². The maximum atomic E-state index is 12.2. The van der Waals surface area contributed by atoms with Gasteiger partial charge in [0.25, 0.3) is 0 Å². The minimum Gasteiger partial charge on any atom is -0.353 e. The molecule has 9 heteroatoms. The maximum absolute atomic E-state index is 12.2. The minimum absolute atomic E-state index is 0.0195. The van der Waals surface area contributed by atoms with Crippen molar-refractivity contribution in [2.24, 2.45) is 0 Å². The Bertz CT molecular complexity index is 888. The van der Waals surface area contributed by atoms with Crippen LogP contribution in [0, 0.1) is 0 Å². The molecule has 2 heterocycles. The van der Waals surface area contributed by atoms with E-state index in [-0.39, 0.29) is 17.2 Å². The molecular weight excluding hydrogens is 398 g/mol. The van der Waals surface area contributed by atoms with E-state index in [0.29, 0.717) is 5.75 Å². The summed E-state index contributed by atoms with van der Waals surface area (Å²) < 4.78 is 4.29. The largest absolute Gasteiger partial charge is 0.353 e. The lowest BCUT2D eigenvalue weighted by Gasteiger charge is -2.14. The number of hydrogen-bond acceptors (Lipinski definition) is 7. The van der Waals surface area contributed by atoms with E-state index in [4.69, 9.17) is 0 Å². The van der Waals surface area contributed by atoms with E-state index in [2.05, 4.69) is 38.1 Å². The second-order valence-corrected chi connectivity index (χ2v) is 9.86. The third-order valence-electron chi connectivity index (χ3n) is 3.79. The van der Waals surface area contributed by atoms with E-state index < -0.39 is 0 Å². The molecule has 144 valence electrons. The standard InChI is InChI=1S/C18H23N5OS3/c1-5-23-15(10-25-18-20-13-8-6-7-9-14(13)27-18)21-22-17(23)26-12(4)16(24)19-11(2)3/h6-9,11-12H,5,10H2,1-4H3,(H,19,24). The van der Waals surface area contributed by atoms with Gasteiger partial charge in [0.15, 0.2) is 9.50 Å². The molecule has 0 bridgehead atoms.